The van der Waals surface area contributed by atoms with Gasteiger partial charge >= 0.3 is 0 Å². The molecule has 31 heavy (non-hydrogen) atoms. The lowest BCUT2D eigenvalue weighted by atomic mass is 10.0. The first-order chi connectivity index (χ1) is 14.9. The number of benzene rings is 2. The van der Waals surface area contributed by atoms with Gasteiger partial charge in [0.15, 0.2) is 5.13 Å². The zero-order valence-corrected chi connectivity index (χ0v) is 19.0. The second kappa shape index (κ2) is 8.86. The van der Waals surface area contributed by atoms with Crippen LogP contribution in [0.4, 0.5) is 10.8 Å². The van der Waals surface area contributed by atoms with E-state index < -0.39 is 15.9 Å². The number of nitrogens with zero attached hydrogens (tertiary/aromatic N) is 1. The summed E-state index contributed by atoms with van der Waals surface area (Å²) in [5.74, 6) is 0.159. The summed E-state index contributed by atoms with van der Waals surface area (Å²) >= 11 is 7.61. The zero-order chi connectivity index (χ0) is 22.0. The van der Waals surface area contributed by atoms with Gasteiger partial charge in [0.05, 0.1) is 17.8 Å². The monoisotopic (exact) mass is 477 g/mol. The third kappa shape index (κ3) is 4.84. The number of fused-ring (bicyclic) bond motifs is 1. The summed E-state index contributed by atoms with van der Waals surface area (Å²) in [6.45, 7) is 0. The summed E-state index contributed by atoms with van der Waals surface area (Å²) in [6.07, 6.45) is 4.12. The maximum Gasteiger partial charge on any atom is 0.263 e. The molecule has 0 fully saturated rings. The Balaban J connectivity index is 1.55. The van der Waals surface area contributed by atoms with Crippen LogP contribution >= 0.6 is 22.9 Å². The molecule has 1 aliphatic rings. The van der Waals surface area contributed by atoms with Crippen LogP contribution in [-0.2, 0) is 22.9 Å². The maximum atomic E-state index is 12.9. The van der Waals surface area contributed by atoms with E-state index in [1.54, 1.807) is 24.3 Å². The van der Waals surface area contributed by atoms with E-state index in [-0.39, 0.29) is 15.5 Å². The normalized spacial score (nSPS) is 13.4. The second-order valence-electron chi connectivity index (χ2n) is 7.03. The van der Waals surface area contributed by atoms with Gasteiger partial charge in [-0.3, -0.25) is 14.8 Å². The topological polar surface area (TPSA) is 97.4 Å². The molecule has 3 aromatic rings. The average molecular weight is 478 g/mol. The Morgan fingerprint density at radius 3 is 2.58 bits per heavy atom. The van der Waals surface area contributed by atoms with Crippen molar-refractivity contribution in [3.63, 3.8) is 0 Å². The van der Waals surface area contributed by atoms with Gasteiger partial charge in [-0.05, 0) is 68.1 Å². The fraction of sp³-hybridized carbons (Fsp3) is 0.238. The maximum absolute atomic E-state index is 12.9. The minimum atomic E-state index is -4.01. The number of hydrogen-bond acceptors (Lipinski definition) is 6. The lowest BCUT2D eigenvalue weighted by Gasteiger charge is -2.11. The molecule has 0 aliphatic heterocycles. The van der Waals surface area contributed by atoms with Gasteiger partial charge in [-0.25, -0.2) is 13.4 Å². The van der Waals surface area contributed by atoms with Crippen molar-refractivity contribution in [2.45, 2.75) is 30.6 Å². The predicted octanol–water partition coefficient (Wildman–Crippen LogP) is 4.74. The van der Waals surface area contributed by atoms with Crippen LogP contribution in [0.1, 0.15) is 33.8 Å². The SMILES string of the molecule is COc1ccc(NS(=O)(=O)c2cc(C(=O)Nc3nc4c(s3)CCCC4)ccc2Cl)cc1. The van der Waals surface area contributed by atoms with Crippen molar-refractivity contribution in [2.24, 2.45) is 0 Å². The first kappa shape index (κ1) is 21.6. The van der Waals surface area contributed by atoms with Crippen LogP contribution in [0.3, 0.4) is 0 Å². The van der Waals surface area contributed by atoms with Crippen molar-refractivity contribution < 1.29 is 17.9 Å². The number of sulfonamides is 1. The lowest BCUT2D eigenvalue weighted by Crippen LogP contribution is -2.16. The smallest absolute Gasteiger partial charge is 0.263 e. The lowest BCUT2D eigenvalue weighted by molar-refractivity contribution is 0.102. The molecule has 1 heterocycles. The molecule has 1 amide bonds. The minimum Gasteiger partial charge on any atom is -0.497 e. The van der Waals surface area contributed by atoms with Crippen molar-refractivity contribution in [3.05, 3.63) is 63.6 Å². The van der Waals surface area contributed by atoms with Crippen LogP contribution in [0.2, 0.25) is 5.02 Å². The molecule has 0 atom stereocenters. The Morgan fingerprint density at radius 1 is 1.13 bits per heavy atom. The van der Waals surface area contributed by atoms with Crippen molar-refractivity contribution in [1.29, 1.82) is 0 Å². The fourth-order valence-electron chi connectivity index (χ4n) is 3.29. The highest BCUT2D eigenvalue weighted by Crippen LogP contribution is 2.30. The number of carbonyl (C=O) groups excluding carboxylic acids is 1. The molecule has 2 aromatic carbocycles. The highest BCUT2D eigenvalue weighted by Gasteiger charge is 2.22. The number of halogens is 1. The Hall–Kier alpha value is -2.62. The summed E-state index contributed by atoms with van der Waals surface area (Å²) in [5, 5.41) is 3.31. The Morgan fingerprint density at radius 2 is 1.87 bits per heavy atom. The van der Waals surface area contributed by atoms with E-state index in [1.807, 2.05) is 0 Å². The number of hydrogen-bond donors (Lipinski definition) is 2. The van der Waals surface area contributed by atoms with Crippen LogP contribution in [-0.4, -0.2) is 26.4 Å². The van der Waals surface area contributed by atoms with E-state index in [1.165, 1.54) is 41.5 Å². The summed E-state index contributed by atoms with van der Waals surface area (Å²) in [4.78, 5) is 18.2. The largest absolute Gasteiger partial charge is 0.497 e. The van der Waals surface area contributed by atoms with Gasteiger partial charge in [-0.1, -0.05) is 11.6 Å². The molecule has 0 spiro atoms. The fourth-order valence-corrected chi connectivity index (χ4v) is 5.92. The summed E-state index contributed by atoms with van der Waals surface area (Å²) in [5.41, 5.74) is 1.56. The van der Waals surface area contributed by atoms with E-state index in [0.29, 0.717) is 16.6 Å². The van der Waals surface area contributed by atoms with Crippen molar-refractivity contribution >= 4 is 49.7 Å². The van der Waals surface area contributed by atoms with Gasteiger partial charge in [0.25, 0.3) is 15.9 Å². The zero-order valence-electron chi connectivity index (χ0n) is 16.6. The number of rotatable bonds is 6. The summed E-state index contributed by atoms with van der Waals surface area (Å²) in [6, 6.07) is 10.6. The molecule has 0 radical (unpaired) electrons. The highest BCUT2D eigenvalue weighted by molar-refractivity contribution is 7.92. The number of carbonyl (C=O) groups is 1. The molecule has 162 valence electrons. The molecule has 0 saturated carbocycles. The number of methoxy groups -OCH3 is 1. The standard InChI is InChI=1S/C21H20ClN3O4S2/c1-29-15-9-7-14(8-10-15)25-31(27,28)19-12-13(6-11-16(19)22)20(26)24-21-23-17-4-2-3-5-18(17)30-21/h6-12,25H,2-5H2,1H3,(H,23,24,26). The van der Waals surface area contributed by atoms with Crippen molar-refractivity contribution in [3.8, 4) is 5.75 Å². The number of ether oxygens (including phenoxy) is 1. The molecule has 4 rings (SSSR count). The third-order valence-electron chi connectivity index (χ3n) is 4.89. The first-order valence-corrected chi connectivity index (χ1v) is 12.3. The number of aryl methyl sites for hydroxylation is 2. The molecule has 2 N–H and O–H groups in total. The summed E-state index contributed by atoms with van der Waals surface area (Å²) in [7, 11) is -2.49. The molecular formula is C21H20ClN3O4S2. The Bertz CT molecular complexity index is 1200. The minimum absolute atomic E-state index is 0.0160. The van der Waals surface area contributed by atoms with Crippen molar-refractivity contribution in [1.82, 2.24) is 4.98 Å². The Labute approximate surface area is 189 Å². The van der Waals surface area contributed by atoms with E-state index in [9.17, 15) is 13.2 Å². The summed E-state index contributed by atoms with van der Waals surface area (Å²) < 4.78 is 33.3. The molecule has 1 aliphatic carbocycles. The number of thiazole rings is 1. The first-order valence-electron chi connectivity index (χ1n) is 9.62. The molecule has 0 saturated heterocycles. The van der Waals surface area contributed by atoms with E-state index in [4.69, 9.17) is 16.3 Å². The van der Waals surface area contributed by atoms with Crippen molar-refractivity contribution in [2.75, 3.05) is 17.1 Å². The van der Waals surface area contributed by atoms with Crippen LogP contribution in [0.25, 0.3) is 0 Å². The number of nitrogens with one attached hydrogen (secondary N) is 2. The van der Waals surface area contributed by atoms with E-state index in [0.717, 1.165) is 31.4 Å². The van der Waals surface area contributed by atoms with E-state index in [2.05, 4.69) is 15.0 Å². The van der Waals surface area contributed by atoms with Gasteiger partial charge in [0.1, 0.15) is 10.6 Å². The Kier molecular flexibility index (Phi) is 6.17. The van der Waals surface area contributed by atoms with Crippen LogP contribution < -0.4 is 14.8 Å². The third-order valence-corrected chi connectivity index (χ3v) is 7.83. The molecule has 10 heteroatoms. The number of anilines is 2. The molecular weight excluding hydrogens is 458 g/mol. The second-order valence-corrected chi connectivity index (χ2v) is 10.2. The molecule has 0 unspecified atom stereocenters. The van der Waals surface area contributed by atoms with E-state index >= 15 is 0 Å². The average Bonchev–Trinajstić information content (AvgIpc) is 3.16. The van der Waals surface area contributed by atoms with Crippen LogP contribution in [0.5, 0.6) is 5.75 Å². The van der Waals surface area contributed by atoms with Gasteiger partial charge in [0, 0.05) is 16.1 Å². The van der Waals surface area contributed by atoms with Gasteiger partial charge < -0.3 is 4.74 Å². The highest BCUT2D eigenvalue weighted by atomic mass is 35.5. The molecule has 0 bridgehead atoms. The number of aromatic nitrogens is 1. The number of amides is 1. The van der Waals surface area contributed by atoms with Crippen LogP contribution in [0, 0.1) is 0 Å². The predicted molar refractivity (Wildman–Crippen MR) is 122 cm³/mol. The van der Waals surface area contributed by atoms with Gasteiger partial charge in [-0.15, -0.1) is 11.3 Å². The quantitative estimate of drug-likeness (QED) is 0.534. The van der Waals surface area contributed by atoms with Gasteiger partial charge in [0.2, 0.25) is 0 Å². The molecule has 7 nitrogen and oxygen atoms in total. The van der Waals surface area contributed by atoms with Crippen LogP contribution in [0.15, 0.2) is 47.4 Å². The molecule has 1 aromatic heterocycles. The van der Waals surface area contributed by atoms with Gasteiger partial charge in [-0.2, -0.15) is 0 Å².